The Balaban J connectivity index is 1.48. The third-order valence-corrected chi connectivity index (χ3v) is 6.20. The Morgan fingerprint density at radius 1 is 0.722 bits per heavy atom. The van der Waals surface area contributed by atoms with E-state index in [1.165, 1.54) is 24.3 Å². The molecule has 0 saturated carbocycles. The molecular weight excluding hydrogens is 465 g/mol. The average molecular weight is 486 g/mol. The van der Waals surface area contributed by atoms with Crippen LogP contribution in [-0.4, -0.2) is 27.9 Å². The molecule has 4 nitrogen and oxygen atoms in total. The van der Waals surface area contributed by atoms with Crippen molar-refractivity contribution in [1.82, 2.24) is 5.01 Å². The molecule has 0 radical (unpaired) electrons. The van der Waals surface area contributed by atoms with Crippen molar-refractivity contribution in [2.75, 3.05) is 0 Å². The highest BCUT2D eigenvalue weighted by Gasteiger charge is 2.53. The van der Waals surface area contributed by atoms with Crippen LogP contribution in [0.15, 0.2) is 114 Å². The highest BCUT2D eigenvalue weighted by molar-refractivity contribution is 6.00. The van der Waals surface area contributed by atoms with Gasteiger partial charge in [-0.2, -0.15) is 23.3 Å². The van der Waals surface area contributed by atoms with Crippen LogP contribution in [-0.2, 0) is 5.72 Å². The van der Waals surface area contributed by atoms with Gasteiger partial charge in [0, 0.05) is 11.1 Å². The molecular formula is C29H21F3N2O2. The van der Waals surface area contributed by atoms with Gasteiger partial charge in [-0.3, -0.25) is 4.79 Å². The largest absolute Gasteiger partial charge is 0.431 e. The monoisotopic (exact) mass is 486 g/mol. The van der Waals surface area contributed by atoms with Gasteiger partial charge in [0.25, 0.3) is 5.91 Å². The maximum atomic E-state index is 13.6. The Kier molecular flexibility index (Phi) is 5.94. The van der Waals surface area contributed by atoms with Crippen LogP contribution >= 0.6 is 0 Å². The predicted molar refractivity (Wildman–Crippen MR) is 132 cm³/mol. The van der Waals surface area contributed by atoms with Gasteiger partial charge < -0.3 is 5.11 Å². The molecule has 1 amide bonds. The van der Waals surface area contributed by atoms with Crippen molar-refractivity contribution in [1.29, 1.82) is 0 Å². The van der Waals surface area contributed by atoms with Gasteiger partial charge in [-0.05, 0) is 34.4 Å². The summed E-state index contributed by atoms with van der Waals surface area (Å²) in [6.45, 7) is 0. The third-order valence-electron chi connectivity index (χ3n) is 6.20. The fourth-order valence-electron chi connectivity index (χ4n) is 4.26. The molecule has 0 spiro atoms. The van der Waals surface area contributed by atoms with Gasteiger partial charge in [0.1, 0.15) is 5.71 Å². The van der Waals surface area contributed by atoms with Gasteiger partial charge in [0.2, 0.25) is 0 Å². The number of carbonyl (C=O) groups is 1. The fourth-order valence-corrected chi connectivity index (χ4v) is 4.26. The summed E-state index contributed by atoms with van der Waals surface area (Å²) in [5.41, 5.74) is 0.278. The smallest absolute Gasteiger partial charge is 0.365 e. The summed E-state index contributed by atoms with van der Waals surface area (Å²) < 4.78 is 40.8. The Morgan fingerprint density at radius 2 is 1.17 bits per heavy atom. The van der Waals surface area contributed by atoms with Gasteiger partial charge in [-0.1, -0.05) is 97.1 Å². The number of benzene rings is 4. The van der Waals surface area contributed by atoms with Crippen LogP contribution < -0.4 is 0 Å². The molecule has 1 aliphatic heterocycles. The van der Waals surface area contributed by atoms with E-state index in [1.54, 1.807) is 24.3 Å². The molecule has 5 rings (SSSR count). The third kappa shape index (κ3) is 4.41. The molecule has 36 heavy (non-hydrogen) atoms. The number of alkyl halides is 3. The van der Waals surface area contributed by atoms with Crippen molar-refractivity contribution in [3.05, 3.63) is 120 Å². The molecule has 0 unspecified atom stereocenters. The van der Waals surface area contributed by atoms with E-state index < -0.39 is 29.9 Å². The molecule has 1 N–H and O–H groups in total. The van der Waals surface area contributed by atoms with Gasteiger partial charge in [0.05, 0.1) is 6.42 Å². The molecule has 1 aliphatic rings. The van der Waals surface area contributed by atoms with E-state index in [1.807, 2.05) is 60.7 Å². The van der Waals surface area contributed by atoms with E-state index in [-0.39, 0.29) is 11.1 Å². The summed E-state index contributed by atoms with van der Waals surface area (Å²) in [7, 11) is 0. The maximum Gasteiger partial charge on any atom is 0.431 e. The van der Waals surface area contributed by atoms with Crippen LogP contribution in [0, 0.1) is 0 Å². The van der Waals surface area contributed by atoms with Crippen LogP contribution in [0.3, 0.4) is 0 Å². The Labute approximate surface area is 205 Å². The Bertz CT molecular complexity index is 1400. The van der Waals surface area contributed by atoms with Gasteiger partial charge in [-0.25, -0.2) is 0 Å². The van der Waals surface area contributed by atoms with Crippen LogP contribution in [0.4, 0.5) is 13.2 Å². The number of halogens is 3. The Morgan fingerprint density at radius 3 is 1.64 bits per heavy atom. The van der Waals surface area contributed by atoms with E-state index in [9.17, 15) is 23.1 Å². The van der Waals surface area contributed by atoms with E-state index in [0.29, 0.717) is 5.01 Å². The van der Waals surface area contributed by atoms with Gasteiger partial charge in [-0.15, -0.1) is 0 Å². The van der Waals surface area contributed by atoms with Crippen molar-refractivity contribution in [2.24, 2.45) is 5.10 Å². The zero-order chi connectivity index (χ0) is 25.3. The quantitative estimate of drug-likeness (QED) is 0.352. The minimum Gasteiger partial charge on any atom is -0.365 e. The zero-order valence-corrected chi connectivity index (χ0v) is 19.0. The van der Waals surface area contributed by atoms with Crippen molar-refractivity contribution >= 4 is 11.6 Å². The van der Waals surface area contributed by atoms with Gasteiger partial charge >= 0.3 is 6.18 Å². The number of aliphatic hydroxyl groups is 1. The lowest BCUT2D eigenvalue weighted by atomic mass is 9.94. The molecule has 1 atom stereocenters. The number of hydrogen-bond acceptors (Lipinski definition) is 3. The molecule has 180 valence electrons. The lowest BCUT2D eigenvalue weighted by Crippen LogP contribution is -2.43. The highest BCUT2D eigenvalue weighted by Crippen LogP contribution is 2.41. The Hall–Kier alpha value is -4.23. The summed E-state index contributed by atoms with van der Waals surface area (Å²) in [5, 5.41) is 15.6. The van der Waals surface area contributed by atoms with Crippen LogP contribution in [0.25, 0.3) is 22.3 Å². The second kappa shape index (κ2) is 9.09. The molecule has 0 bridgehead atoms. The van der Waals surface area contributed by atoms with E-state index in [4.69, 9.17) is 0 Å². The predicted octanol–water partition coefficient (Wildman–Crippen LogP) is 6.63. The van der Waals surface area contributed by atoms with Crippen molar-refractivity contribution < 1.29 is 23.1 Å². The van der Waals surface area contributed by atoms with Crippen molar-refractivity contribution in [3.8, 4) is 22.3 Å². The number of carbonyl (C=O) groups excluding carboxylic acids is 1. The van der Waals surface area contributed by atoms with E-state index in [0.717, 1.165) is 22.3 Å². The molecule has 1 heterocycles. The molecule has 4 aromatic rings. The minimum absolute atomic E-state index is 0.112. The second-order valence-corrected chi connectivity index (χ2v) is 8.54. The number of rotatable bonds is 4. The van der Waals surface area contributed by atoms with E-state index in [2.05, 4.69) is 5.10 Å². The summed E-state index contributed by atoms with van der Waals surface area (Å²) >= 11 is 0. The summed E-state index contributed by atoms with van der Waals surface area (Å²) in [4.78, 5) is 13.3. The SMILES string of the molecule is O=C(c1ccc(-c2ccccc2)cc1)N1N=C(C(F)(F)F)C[C@@]1(O)c1ccc(-c2ccccc2)cc1. The van der Waals surface area contributed by atoms with Crippen LogP contribution in [0.5, 0.6) is 0 Å². The number of hydrogen-bond donors (Lipinski definition) is 1. The summed E-state index contributed by atoms with van der Waals surface area (Å²) in [5.74, 6) is -0.830. The zero-order valence-electron chi connectivity index (χ0n) is 19.0. The summed E-state index contributed by atoms with van der Waals surface area (Å²) in [6.07, 6.45) is -5.65. The van der Waals surface area contributed by atoms with Crippen molar-refractivity contribution in [3.63, 3.8) is 0 Å². The van der Waals surface area contributed by atoms with Gasteiger partial charge in [0.15, 0.2) is 5.72 Å². The van der Waals surface area contributed by atoms with Crippen molar-refractivity contribution in [2.45, 2.75) is 18.3 Å². The molecule has 4 aromatic carbocycles. The lowest BCUT2D eigenvalue weighted by molar-refractivity contribution is -0.0815. The molecule has 0 aliphatic carbocycles. The topological polar surface area (TPSA) is 52.9 Å². The highest BCUT2D eigenvalue weighted by atomic mass is 19.4. The first-order chi connectivity index (χ1) is 17.3. The second-order valence-electron chi connectivity index (χ2n) is 8.54. The lowest BCUT2D eigenvalue weighted by Gasteiger charge is -2.31. The van der Waals surface area contributed by atoms with Crippen LogP contribution in [0.2, 0.25) is 0 Å². The first kappa shape index (κ1) is 23.5. The molecule has 0 fully saturated rings. The minimum atomic E-state index is -4.79. The molecule has 0 aromatic heterocycles. The number of amides is 1. The first-order valence-electron chi connectivity index (χ1n) is 11.3. The fraction of sp³-hybridized carbons (Fsp3) is 0.103. The maximum absolute atomic E-state index is 13.6. The average Bonchev–Trinajstić information content (AvgIpc) is 3.29. The summed E-state index contributed by atoms with van der Waals surface area (Å²) in [6, 6.07) is 31.8. The van der Waals surface area contributed by atoms with Crippen LogP contribution in [0.1, 0.15) is 22.3 Å². The first-order valence-corrected chi connectivity index (χ1v) is 11.3. The number of nitrogens with zero attached hydrogens (tertiary/aromatic N) is 2. The molecule has 0 saturated heterocycles. The van der Waals surface area contributed by atoms with E-state index >= 15 is 0 Å². The normalized spacial score (nSPS) is 17.7. The molecule has 7 heteroatoms. The number of hydrazone groups is 1. The standard InChI is InChI=1S/C29H21F3N2O2/c30-29(31,32)26-19-28(36,25-17-15-23(16-18-25)21-9-5-2-6-10-21)34(33-26)27(35)24-13-11-22(12-14-24)20-7-3-1-4-8-20/h1-18,36H,19H2/t28-/m1/s1.